The van der Waals surface area contributed by atoms with E-state index >= 15 is 0 Å². The second-order valence-corrected chi connectivity index (χ2v) is 5.78. The Morgan fingerprint density at radius 3 is 2.53 bits per heavy atom. The van der Waals surface area contributed by atoms with Gasteiger partial charge in [-0.1, -0.05) is 15.9 Å². The number of carbonyl (C=O) groups is 2. The smallest absolute Gasteiger partial charge is 0.337 e. The van der Waals surface area contributed by atoms with Crippen molar-refractivity contribution in [2.45, 2.75) is 12.5 Å². The molecule has 8 heteroatoms. The molecule has 0 fully saturated rings. The number of aliphatic hydroxyl groups is 1. The molecular weight excluding hydrogens is 384 g/mol. The van der Waals surface area contributed by atoms with E-state index in [0.29, 0.717) is 10.2 Å². The largest absolute Gasteiger partial charge is 0.479 e. The van der Waals surface area contributed by atoms with Crippen molar-refractivity contribution in [1.29, 1.82) is 0 Å². The van der Waals surface area contributed by atoms with Gasteiger partial charge in [0, 0.05) is 8.95 Å². The van der Waals surface area contributed by atoms with Gasteiger partial charge >= 0.3 is 12.0 Å². The van der Waals surface area contributed by atoms with Gasteiger partial charge in [0.1, 0.15) is 0 Å². The number of carboxylic acid groups (broad SMARTS) is 1. The molecule has 104 valence electrons. The van der Waals surface area contributed by atoms with Gasteiger partial charge in [-0.3, -0.25) is 0 Å². The molecule has 2 amide bonds. The Morgan fingerprint density at radius 2 is 2.00 bits per heavy atom. The van der Waals surface area contributed by atoms with Gasteiger partial charge in [-0.15, -0.1) is 0 Å². The first kappa shape index (κ1) is 15.9. The number of carboxylic acids is 1. The van der Waals surface area contributed by atoms with E-state index in [1.165, 1.54) is 0 Å². The van der Waals surface area contributed by atoms with Crippen LogP contribution in [0.5, 0.6) is 0 Å². The quantitative estimate of drug-likeness (QED) is 0.627. The van der Waals surface area contributed by atoms with Crippen LogP contribution in [-0.2, 0) is 4.79 Å². The maximum absolute atomic E-state index is 11.6. The number of hydrogen-bond acceptors (Lipinski definition) is 3. The fourth-order valence-electron chi connectivity index (χ4n) is 1.09. The van der Waals surface area contributed by atoms with Gasteiger partial charge in [-0.2, -0.15) is 0 Å². The molecule has 0 radical (unpaired) electrons. The average Bonchev–Trinajstić information content (AvgIpc) is 2.30. The van der Waals surface area contributed by atoms with Crippen molar-refractivity contribution < 1.29 is 19.8 Å². The van der Waals surface area contributed by atoms with Crippen LogP contribution in [0, 0.1) is 0 Å². The lowest BCUT2D eigenvalue weighted by molar-refractivity contribution is -0.155. The summed E-state index contributed by atoms with van der Waals surface area (Å²) in [7, 11) is 0. The summed E-state index contributed by atoms with van der Waals surface area (Å²) >= 11 is 6.55. The van der Waals surface area contributed by atoms with Crippen molar-refractivity contribution in [2.24, 2.45) is 0 Å². The molecule has 0 aliphatic carbocycles. The monoisotopic (exact) mass is 394 g/mol. The van der Waals surface area contributed by atoms with Crippen molar-refractivity contribution in [1.82, 2.24) is 5.32 Å². The zero-order chi connectivity index (χ0) is 14.6. The second kappa shape index (κ2) is 6.36. The molecular formula is C11H12Br2N2O4. The average molecular weight is 396 g/mol. The van der Waals surface area contributed by atoms with Gasteiger partial charge in [0.15, 0.2) is 5.60 Å². The summed E-state index contributed by atoms with van der Waals surface area (Å²) in [4.78, 5) is 22.2. The molecule has 6 nitrogen and oxygen atoms in total. The van der Waals surface area contributed by atoms with Gasteiger partial charge in [-0.05, 0) is 41.1 Å². The second-order valence-electron chi connectivity index (χ2n) is 4.01. The topological polar surface area (TPSA) is 98.7 Å². The molecule has 19 heavy (non-hydrogen) atoms. The fraction of sp³-hybridized carbons (Fsp3) is 0.273. The molecule has 1 atom stereocenters. The molecule has 0 bridgehead atoms. The van der Waals surface area contributed by atoms with E-state index in [2.05, 4.69) is 42.5 Å². The summed E-state index contributed by atoms with van der Waals surface area (Å²) in [5.74, 6) is -1.40. The molecule has 4 N–H and O–H groups in total. The van der Waals surface area contributed by atoms with E-state index in [9.17, 15) is 14.7 Å². The number of halogens is 2. The van der Waals surface area contributed by atoms with Crippen LogP contribution in [0.25, 0.3) is 0 Å². The summed E-state index contributed by atoms with van der Waals surface area (Å²) in [6, 6.07) is 4.56. The van der Waals surface area contributed by atoms with Crippen molar-refractivity contribution in [3.63, 3.8) is 0 Å². The Morgan fingerprint density at radius 1 is 1.37 bits per heavy atom. The normalized spacial score (nSPS) is 13.5. The van der Waals surface area contributed by atoms with E-state index in [-0.39, 0.29) is 0 Å². The molecule has 0 aromatic heterocycles. The number of hydrogen-bond donors (Lipinski definition) is 4. The minimum Gasteiger partial charge on any atom is -0.479 e. The van der Waals surface area contributed by atoms with Crippen LogP contribution in [0.2, 0.25) is 0 Å². The van der Waals surface area contributed by atoms with E-state index in [1.807, 2.05) is 0 Å². The summed E-state index contributed by atoms with van der Waals surface area (Å²) in [5, 5.41) is 22.9. The van der Waals surface area contributed by atoms with Crippen LogP contribution >= 0.6 is 31.9 Å². The summed E-state index contributed by atoms with van der Waals surface area (Å²) < 4.78 is 1.51. The Hall–Kier alpha value is -1.12. The molecule has 1 unspecified atom stereocenters. The lowest BCUT2D eigenvalue weighted by atomic mass is 10.1. The third-order valence-electron chi connectivity index (χ3n) is 2.23. The maximum Gasteiger partial charge on any atom is 0.337 e. The van der Waals surface area contributed by atoms with Crippen LogP contribution in [0.1, 0.15) is 6.92 Å². The number of rotatable bonds is 4. The van der Waals surface area contributed by atoms with Gasteiger partial charge in [0.05, 0.1) is 12.2 Å². The van der Waals surface area contributed by atoms with E-state index in [4.69, 9.17) is 5.11 Å². The van der Waals surface area contributed by atoms with Crippen LogP contribution in [-0.4, -0.2) is 34.4 Å². The number of amides is 2. The number of nitrogens with one attached hydrogen (secondary N) is 2. The molecule has 1 rings (SSSR count). The van der Waals surface area contributed by atoms with Crippen LogP contribution in [0.3, 0.4) is 0 Å². The van der Waals surface area contributed by atoms with Gasteiger partial charge in [0.25, 0.3) is 0 Å². The maximum atomic E-state index is 11.6. The van der Waals surface area contributed by atoms with E-state index in [1.54, 1.807) is 18.2 Å². The number of anilines is 1. The Kier molecular flexibility index (Phi) is 5.33. The number of benzene rings is 1. The first-order chi connectivity index (χ1) is 8.72. The van der Waals surface area contributed by atoms with Crippen molar-refractivity contribution in [3.05, 3.63) is 27.1 Å². The molecule has 0 heterocycles. The molecule has 0 aliphatic heterocycles. The molecule has 1 aromatic carbocycles. The minimum atomic E-state index is -2.01. The summed E-state index contributed by atoms with van der Waals surface area (Å²) in [6.45, 7) is 0.702. The number of aliphatic carboxylic acids is 1. The summed E-state index contributed by atoms with van der Waals surface area (Å²) in [6.07, 6.45) is 0. The molecule has 0 aliphatic rings. The molecule has 0 saturated heterocycles. The Balaban J connectivity index is 2.59. The van der Waals surface area contributed by atoms with Crippen LogP contribution in [0.4, 0.5) is 10.5 Å². The van der Waals surface area contributed by atoms with Gasteiger partial charge in [0.2, 0.25) is 0 Å². The zero-order valence-corrected chi connectivity index (χ0v) is 13.1. The highest BCUT2D eigenvalue weighted by atomic mass is 79.9. The Labute approximate surface area is 126 Å². The van der Waals surface area contributed by atoms with Crippen LogP contribution < -0.4 is 10.6 Å². The SMILES string of the molecule is CC(O)(CNC(=O)Nc1ccc(Br)cc1Br)C(=O)O. The first-order valence-electron chi connectivity index (χ1n) is 5.18. The van der Waals surface area contributed by atoms with Gasteiger partial charge < -0.3 is 20.8 Å². The highest BCUT2D eigenvalue weighted by Crippen LogP contribution is 2.25. The number of urea groups is 1. The fourth-order valence-corrected chi connectivity index (χ4v) is 2.23. The third-order valence-corrected chi connectivity index (χ3v) is 3.38. The van der Waals surface area contributed by atoms with E-state index in [0.717, 1.165) is 11.4 Å². The predicted molar refractivity (Wildman–Crippen MR) is 77.1 cm³/mol. The van der Waals surface area contributed by atoms with Crippen molar-refractivity contribution >= 4 is 49.5 Å². The van der Waals surface area contributed by atoms with Gasteiger partial charge in [-0.25, -0.2) is 9.59 Å². The zero-order valence-electron chi connectivity index (χ0n) is 9.91. The van der Waals surface area contributed by atoms with Crippen molar-refractivity contribution in [3.8, 4) is 0 Å². The molecule has 0 saturated carbocycles. The Bertz CT molecular complexity index is 505. The highest BCUT2D eigenvalue weighted by molar-refractivity contribution is 9.11. The molecule has 0 spiro atoms. The van der Waals surface area contributed by atoms with Crippen LogP contribution in [0.15, 0.2) is 27.1 Å². The standard InChI is InChI=1S/C11H12Br2N2O4/c1-11(19,9(16)17)5-14-10(18)15-8-3-2-6(12)4-7(8)13/h2-4,19H,5H2,1H3,(H,16,17)(H2,14,15,18). The lowest BCUT2D eigenvalue weighted by Gasteiger charge is -2.18. The molecule has 1 aromatic rings. The van der Waals surface area contributed by atoms with Crippen molar-refractivity contribution in [2.75, 3.05) is 11.9 Å². The minimum absolute atomic E-state index is 0.400. The highest BCUT2D eigenvalue weighted by Gasteiger charge is 2.30. The summed E-state index contributed by atoms with van der Waals surface area (Å²) in [5.41, 5.74) is -1.48. The number of carbonyl (C=O) groups excluding carboxylic acids is 1. The first-order valence-corrected chi connectivity index (χ1v) is 6.76. The third kappa shape index (κ3) is 4.81. The van der Waals surface area contributed by atoms with E-state index < -0.39 is 24.1 Å². The predicted octanol–water partition coefficient (Wildman–Crippen LogP) is 2.17. The lowest BCUT2D eigenvalue weighted by Crippen LogP contribution is -2.47.